The topological polar surface area (TPSA) is 44.1 Å². The molecule has 1 aliphatic carbocycles. The Morgan fingerprint density at radius 3 is 2.59 bits per heavy atom. The lowest BCUT2D eigenvalue weighted by molar-refractivity contribution is 0.0969. The van der Waals surface area contributed by atoms with E-state index in [1.807, 2.05) is 35.0 Å². The molecule has 1 aliphatic rings. The largest absolute Gasteiger partial charge is 0.487 e. The Bertz CT molecular complexity index is 681. The van der Waals surface area contributed by atoms with E-state index in [4.69, 9.17) is 9.84 Å². The van der Waals surface area contributed by atoms with Gasteiger partial charge in [-0.1, -0.05) is 18.2 Å². The highest BCUT2D eigenvalue weighted by Crippen LogP contribution is 2.29. The van der Waals surface area contributed by atoms with Gasteiger partial charge in [-0.25, -0.2) is 0 Å². The summed E-state index contributed by atoms with van der Waals surface area (Å²) >= 11 is 0. The molecule has 0 atom stereocenters. The minimum Gasteiger partial charge on any atom is -0.487 e. The molecule has 0 saturated heterocycles. The third-order valence-corrected chi connectivity index (χ3v) is 3.90. The molecule has 1 aromatic carbocycles. The van der Waals surface area contributed by atoms with Gasteiger partial charge >= 0.3 is 0 Å². The number of para-hydroxylation sites is 1. The molecule has 0 N–H and O–H groups in total. The molecule has 0 amide bonds. The first kappa shape index (κ1) is 14.8. The van der Waals surface area contributed by atoms with E-state index in [9.17, 15) is 4.79 Å². The molecule has 4 nitrogen and oxygen atoms in total. The molecule has 0 radical (unpaired) electrons. The first-order valence-electron chi connectivity index (χ1n) is 7.79. The Balaban J connectivity index is 1.94. The predicted octanol–water partition coefficient (Wildman–Crippen LogP) is 3.74. The third kappa shape index (κ3) is 2.78. The average Bonchev–Trinajstić information content (AvgIpc) is 2.86. The molecule has 2 aromatic rings. The lowest BCUT2D eigenvalue weighted by atomic mass is 9.93. The van der Waals surface area contributed by atoms with Gasteiger partial charge in [0.05, 0.1) is 16.8 Å². The second-order valence-electron chi connectivity index (χ2n) is 6.73. The van der Waals surface area contributed by atoms with Crippen LogP contribution < -0.4 is 4.74 Å². The van der Waals surface area contributed by atoms with Crippen molar-refractivity contribution in [1.29, 1.82) is 0 Å². The van der Waals surface area contributed by atoms with Crippen molar-refractivity contribution in [2.45, 2.75) is 52.2 Å². The van der Waals surface area contributed by atoms with E-state index in [2.05, 4.69) is 20.8 Å². The van der Waals surface area contributed by atoms with E-state index in [0.717, 1.165) is 35.5 Å². The highest BCUT2D eigenvalue weighted by Gasteiger charge is 2.30. The zero-order valence-electron chi connectivity index (χ0n) is 13.4. The van der Waals surface area contributed by atoms with Crippen LogP contribution in [0.3, 0.4) is 0 Å². The zero-order valence-corrected chi connectivity index (χ0v) is 13.4. The molecule has 116 valence electrons. The summed E-state index contributed by atoms with van der Waals surface area (Å²) in [5.74, 6) is 0.994. The van der Waals surface area contributed by atoms with E-state index in [0.29, 0.717) is 13.0 Å². The first-order valence-corrected chi connectivity index (χ1v) is 7.79. The van der Waals surface area contributed by atoms with Crippen molar-refractivity contribution in [3.8, 4) is 5.75 Å². The number of fused-ring (bicyclic) bond motifs is 1. The van der Waals surface area contributed by atoms with Gasteiger partial charge in [0.1, 0.15) is 18.1 Å². The molecule has 0 fully saturated rings. The van der Waals surface area contributed by atoms with Crippen molar-refractivity contribution >= 4 is 5.78 Å². The number of aromatic nitrogens is 2. The summed E-state index contributed by atoms with van der Waals surface area (Å²) in [6.07, 6.45) is 2.43. The average molecular weight is 298 g/mol. The maximum Gasteiger partial charge on any atom is 0.166 e. The molecule has 1 aromatic heterocycles. The normalized spacial score (nSPS) is 14.8. The molecule has 0 unspecified atom stereocenters. The van der Waals surface area contributed by atoms with Gasteiger partial charge in [0.2, 0.25) is 0 Å². The van der Waals surface area contributed by atoms with Gasteiger partial charge in [-0.15, -0.1) is 0 Å². The number of hydrogen-bond acceptors (Lipinski definition) is 3. The fraction of sp³-hybridized carbons (Fsp3) is 0.444. The first-order chi connectivity index (χ1) is 10.5. The van der Waals surface area contributed by atoms with Crippen LogP contribution in [0.4, 0.5) is 0 Å². The van der Waals surface area contributed by atoms with Gasteiger partial charge in [0, 0.05) is 6.42 Å². The quantitative estimate of drug-likeness (QED) is 0.867. The summed E-state index contributed by atoms with van der Waals surface area (Å²) in [7, 11) is 0. The van der Waals surface area contributed by atoms with Crippen LogP contribution >= 0.6 is 0 Å². The number of Topliss-reactive ketones (excluding diaryl/α,β-unsaturated/α-hetero) is 1. The molecular weight excluding hydrogens is 276 g/mol. The van der Waals surface area contributed by atoms with Crippen molar-refractivity contribution in [3.05, 3.63) is 47.3 Å². The van der Waals surface area contributed by atoms with Gasteiger partial charge in [0.15, 0.2) is 5.78 Å². The van der Waals surface area contributed by atoms with Crippen LogP contribution in [0.1, 0.15) is 55.4 Å². The molecule has 22 heavy (non-hydrogen) atoms. The molecule has 0 spiro atoms. The van der Waals surface area contributed by atoms with E-state index in [-0.39, 0.29) is 11.3 Å². The van der Waals surface area contributed by atoms with Gasteiger partial charge in [-0.3, -0.25) is 9.48 Å². The molecule has 4 heteroatoms. The Morgan fingerprint density at radius 2 is 1.91 bits per heavy atom. The summed E-state index contributed by atoms with van der Waals surface area (Å²) in [4.78, 5) is 12.3. The lowest BCUT2D eigenvalue weighted by Crippen LogP contribution is -2.27. The van der Waals surface area contributed by atoms with Crippen LogP contribution in [-0.2, 0) is 18.6 Å². The maximum atomic E-state index is 12.3. The Hall–Kier alpha value is -2.10. The summed E-state index contributed by atoms with van der Waals surface area (Å²) < 4.78 is 7.81. The van der Waals surface area contributed by atoms with Crippen molar-refractivity contribution in [2.24, 2.45) is 0 Å². The molecule has 0 saturated carbocycles. The number of ether oxygens (including phenoxy) is 1. The lowest BCUT2D eigenvalue weighted by Gasteiger charge is -2.24. The molecule has 1 heterocycles. The molecular formula is C18H22N2O2. The van der Waals surface area contributed by atoms with Gasteiger partial charge < -0.3 is 4.74 Å². The van der Waals surface area contributed by atoms with Crippen LogP contribution in [0.25, 0.3) is 0 Å². The van der Waals surface area contributed by atoms with E-state index >= 15 is 0 Å². The number of rotatable bonds is 3. The van der Waals surface area contributed by atoms with Crippen LogP contribution in [0.5, 0.6) is 5.75 Å². The Morgan fingerprint density at radius 1 is 1.18 bits per heavy atom. The minimum absolute atomic E-state index is 0.132. The number of carbonyl (C=O) groups excluding carboxylic acids is 1. The standard InChI is InChI=1S/C18H22N2O2/c1-18(2,3)20-15-10-7-11-16(21)17(15)14(19-20)12-22-13-8-5-4-6-9-13/h4-6,8-9H,7,10-12H2,1-3H3. The zero-order chi connectivity index (χ0) is 15.7. The van der Waals surface area contributed by atoms with Crippen molar-refractivity contribution < 1.29 is 9.53 Å². The van der Waals surface area contributed by atoms with Crippen molar-refractivity contribution in [2.75, 3.05) is 0 Å². The van der Waals surface area contributed by atoms with Crippen LogP contribution in [-0.4, -0.2) is 15.6 Å². The molecule has 3 rings (SSSR count). The van der Waals surface area contributed by atoms with Gasteiger partial charge in [-0.2, -0.15) is 5.10 Å². The fourth-order valence-corrected chi connectivity index (χ4v) is 2.92. The van der Waals surface area contributed by atoms with Gasteiger partial charge in [-0.05, 0) is 45.7 Å². The van der Waals surface area contributed by atoms with Crippen LogP contribution in [0.2, 0.25) is 0 Å². The maximum absolute atomic E-state index is 12.3. The number of ketones is 1. The van der Waals surface area contributed by atoms with E-state index in [1.54, 1.807) is 0 Å². The molecule has 0 bridgehead atoms. The molecule has 0 aliphatic heterocycles. The third-order valence-electron chi connectivity index (χ3n) is 3.90. The summed E-state index contributed by atoms with van der Waals surface area (Å²) in [6.45, 7) is 6.67. The second-order valence-corrected chi connectivity index (χ2v) is 6.73. The highest BCUT2D eigenvalue weighted by atomic mass is 16.5. The Kier molecular flexibility index (Phi) is 3.77. The fourth-order valence-electron chi connectivity index (χ4n) is 2.92. The number of carbonyl (C=O) groups is 1. The number of hydrogen-bond donors (Lipinski definition) is 0. The van der Waals surface area contributed by atoms with E-state index < -0.39 is 0 Å². The van der Waals surface area contributed by atoms with E-state index in [1.165, 1.54) is 0 Å². The predicted molar refractivity (Wildman–Crippen MR) is 85.3 cm³/mol. The van der Waals surface area contributed by atoms with Crippen LogP contribution in [0, 0.1) is 0 Å². The van der Waals surface area contributed by atoms with Crippen LogP contribution in [0.15, 0.2) is 30.3 Å². The van der Waals surface area contributed by atoms with Gasteiger partial charge in [0.25, 0.3) is 0 Å². The Labute approximate surface area is 131 Å². The monoisotopic (exact) mass is 298 g/mol. The summed E-state index contributed by atoms with van der Waals surface area (Å²) in [5, 5.41) is 4.70. The van der Waals surface area contributed by atoms with Crippen molar-refractivity contribution in [1.82, 2.24) is 9.78 Å². The minimum atomic E-state index is -0.132. The summed E-state index contributed by atoms with van der Waals surface area (Å²) in [5.41, 5.74) is 2.48. The highest BCUT2D eigenvalue weighted by molar-refractivity contribution is 5.99. The second kappa shape index (κ2) is 5.59. The summed E-state index contributed by atoms with van der Waals surface area (Å²) in [6, 6.07) is 9.64. The SMILES string of the molecule is CC(C)(C)n1nc(COc2ccccc2)c2c1CCCC2=O. The number of nitrogens with zero attached hydrogens (tertiary/aromatic N) is 2. The number of benzene rings is 1. The van der Waals surface area contributed by atoms with Crippen molar-refractivity contribution in [3.63, 3.8) is 0 Å². The smallest absolute Gasteiger partial charge is 0.166 e.